The Morgan fingerprint density at radius 2 is 2.05 bits per heavy atom. The van der Waals surface area contributed by atoms with Gasteiger partial charge in [-0.25, -0.2) is 9.97 Å². The van der Waals surface area contributed by atoms with Gasteiger partial charge in [-0.1, -0.05) is 12.8 Å². The molecule has 19 heavy (non-hydrogen) atoms. The average Bonchev–Trinajstić information content (AvgIpc) is 3.03. The molecule has 1 aliphatic carbocycles. The zero-order chi connectivity index (χ0) is 12.8. The van der Waals surface area contributed by atoms with E-state index in [9.17, 15) is 0 Å². The molecule has 0 N–H and O–H groups in total. The number of aryl methyl sites for hydroxylation is 1. The second-order valence-electron chi connectivity index (χ2n) is 5.80. The lowest BCUT2D eigenvalue weighted by Crippen LogP contribution is -2.35. The van der Waals surface area contributed by atoms with E-state index < -0.39 is 0 Å². The Bertz CT molecular complexity index is 605. The van der Waals surface area contributed by atoms with Gasteiger partial charge >= 0.3 is 0 Å². The first-order chi connectivity index (χ1) is 9.34. The second-order valence-corrected chi connectivity index (χ2v) is 5.80. The van der Waals surface area contributed by atoms with Crippen LogP contribution in [0.25, 0.3) is 11.0 Å². The molecule has 5 nitrogen and oxygen atoms in total. The van der Waals surface area contributed by atoms with Gasteiger partial charge in [0.05, 0.1) is 11.6 Å². The predicted octanol–water partition coefficient (Wildman–Crippen LogP) is 2.13. The van der Waals surface area contributed by atoms with Gasteiger partial charge < -0.3 is 4.90 Å². The molecule has 4 rings (SSSR count). The Balaban J connectivity index is 1.78. The van der Waals surface area contributed by atoms with E-state index in [0.717, 1.165) is 29.3 Å². The zero-order valence-electron chi connectivity index (χ0n) is 11.3. The molecule has 2 atom stereocenters. The highest BCUT2D eigenvalue weighted by atomic mass is 15.3. The first-order valence-electron chi connectivity index (χ1n) is 7.24. The van der Waals surface area contributed by atoms with Crippen molar-refractivity contribution in [2.45, 2.75) is 38.1 Å². The molecule has 100 valence electrons. The van der Waals surface area contributed by atoms with Gasteiger partial charge in [0, 0.05) is 19.6 Å². The summed E-state index contributed by atoms with van der Waals surface area (Å²) in [5.74, 6) is 1.96. The third-order valence-electron chi connectivity index (χ3n) is 4.79. The largest absolute Gasteiger partial charge is 0.353 e. The summed E-state index contributed by atoms with van der Waals surface area (Å²) in [6.07, 6.45) is 10.4. The number of hydrogen-bond donors (Lipinski definition) is 0. The van der Waals surface area contributed by atoms with Gasteiger partial charge in [-0.3, -0.25) is 4.68 Å². The molecular formula is C14H19N5. The summed E-state index contributed by atoms with van der Waals surface area (Å²) in [6.45, 7) is 1.14. The van der Waals surface area contributed by atoms with Crippen LogP contribution in [-0.4, -0.2) is 32.3 Å². The molecule has 5 heteroatoms. The summed E-state index contributed by atoms with van der Waals surface area (Å²) in [6, 6.07) is 0.687. The molecule has 0 spiro atoms. The van der Waals surface area contributed by atoms with Gasteiger partial charge in [0.25, 0.3) is 0 Å². The van der Waals surface area contributed by atoms with Crippen molar-refractivity contribution in [3.8, 4) is 0 Å². The number of rotatable bonds is 1. The van der Waals surface area contributed by atoms with E-state index in [2.05, 4.69) is 20.0 Å². The number of fused-ring (bicyclic) bond motifs is 2. The molecule has 0 amide bonds. The first-order valence-corrected chi connectivity index (χ1v) is 7.24. The monoisotopic (exact) mass is 257 g/mol. The maximum atomic E-state index is 4.55. The zero-order valence-corrected chi connectivity index (χ0v) is 11.3. The van der Waals surface area contributed by atoms with Crippen LogP contribution in [0.4, 0.5) is 5.82 Å². The van der Waals surface area contributed by atoms with Gasteiger partial charge in [0.2, 0.25) is 0 Å². The standard InChI is InChI=1S/C14H19N5/c1-18-13-11(8-17-18)14(16-9-15-13)19-7-6-10-4-2-3-5-12(10)19/h8-10,12H,2-7H2,1H3. The van der Waals surface area contributed by atoms with Gasteiger partial charge in [-0.05, 0) is 25.2 Å². The van der Waals surface area contributed by atoms with E-state index in [1.807, 2.05) is 17.9 Å². The average molecular weight is 257 g/mol. The van der Waals surface area contributed by atoms with Crippen molar-refractivity contribution in [2.24, 2.45) is 13.0 Å². The minimum atomic E-state index is 0.687. The highest BCUT2D eigenvalue weighted by molar-refractivity contribution is 5.86. The molecule has 1 saturated carbocycles. The Kier molecular flexibility index (Phi) is 2.47. The molecule has 0 radical (unpaired) electrons. The third kappa shape index (κ3) is 1.64. The van der Waals surface area contributed by atoms with Gasteiger partial charge in [-0.2, -0.15) is 5.10 Å². The maximum Gasteiger partial charge on any atom is 0.163 e. The lowest BCUT2D eigenvalue weighted by molar-refractivity contribution is 0.341. The van der Waals surface area contributed by atoms with E-state index in [-0.39, 0.29) is 0 Å². The minimum Gasteiger partial charge on any atom is -0.353 e. The topological polar surface area (TPSA) is 46.8 Å². The first kappa shape index (κ1) is 11.2. The van der Waals surface area contributed by atoms with E-state index in [0.29, 0.717) is 6.04 Å². The lowest BCUT2D eigenvalue weighted by Gasteiger charge is -2.32. The fourth-order valence-corrected chi connectivity index (χ4v) is 3.85. The smallest absolute Gasteiger partial charge is 0.163 e. The van der Waals surface area contributed by atoms with Crippen LogP contribution in [0.1, 0.15) is 32.1 Å². The summed E-state index contributed by atoms with van der Waals surface area (Å²) >= 11 is 0. The molecule has 0 bridgehead atoms. The van der Waals surface area contributed by atoms with E-state index in [4.69, 9.17) is 0 Å². The molecule has 1 saturated heterocycles. The molecule has 3 heterocycles. The molecule has 1 aliphatic heterocycles. The number of anilines is 1. The minimum absolute atomic E-state index is 0.687. The normalized spacial score (nSPS) is 26.9. The molecular weight excluding hydrogens is 238 g/mol. The highest BCUT2D eigenvalue weighted by Gasteiger charge is 2.37. The van der Waals surface area contributed by atoms with Crippen molar-refractivity contribution in [3.05, 3.63) is 12.5 Å². The number of hydrogen-bond acceptors (Lipinski definition) is 4. The molecule has 2 aliphatic rings. The van der Waals surface area contributed by atoms with Crippen LogP contribution in [0.15, 0.2) is 12.5 Å². The van der Waals surface area contributed by atoms with E-state index in [1.54, 1.807) is 6.33 Å². The SMILES string of the molecule is Cn1ncc2c(N3CCC4CCCCC43)ncnc21. The molecule has 2 aromatic rings. The highest BCUT2D eigenvalue weighted by Crippen LogP contribution is 2.39. The Morgan fingerprint density at radius 1 is 1.16 bits per heavy atom. The van der Waals surface area contributed by atoms with Gasteiger partial charge in [-0.15, -0.1) is 0 Å². The van der Waals surface area contributed by atoms with Gasteiger partial charge in [0.1, 0.15) is 12.1 Å². The van der Waals surface area contributed by atoms with Crippen LogP contribution in [0, 0.1) is 5.92 Å². The second kappa shape index (κ2) is 4.18. The molecule has 2 aromatic heterocycles. The fraction of sp³-hybridized carbons (Fsp3) is 0.643. The number of aromatic nitrogens is 4. The van der Waals surface area contributed by atoms with Gasteiger partial charge in [0.15, 0.2) is 5.65 Å². The quantitative estimate of drug-likeness (QED) is 0.785. The van der Waals surface area contributed by atoms with Crippen LogP contribution in [0.3, 0.4) is 0 Å². The van der Waals surface area contributed by atoms with E-state index in [1.165, 1.54) is 32.1 Å². The molecule has 2 fully saturated rings. The summed E-state index contributed by atoms with van der Waals surface area (Å²) in [4.78, 5) is 11.4. The number of nitrogens with zero attached hydrogens (tertiary/aromatic N) is 5. The van der Waals surface area contributed by atoms with Crippen molar-refractivity contribution in [1.82, 2.24) is 19.7 Å². The van der Waals surface area contributed by atoms with Crippen LogP contribution >= 0.6 is 0 Å². The van der Waals surface area contributed by atoms with Crippen molar-refractivity contribution < 1.29 is 0 Å². The van der Waals surface area contributed by atoms with Crippen LogP contribution in [-0.2, 0) is 7.05 Å². The summed E-state index contributed by atoms with van der Waals surface area (Å²) in [5.41, 5.74) is 0.934. The van der Waals surface area contributed by atoms with E-state index >= 15 is 0 Å². The maximum absolute atomic E-state index is 4.55. The van der Waals surface area contributed by atoms with Crippen molar-refractivity contribution in [3.63, 3.8) is 0 Å². The van der Waals surface area contributed by atoms with Crippen LogP contribution in [0.5, 0.6) is 0 Å². The summed E-state index contributed by atoms with van der Waals surface area (Å²) in [5, 5.41) is 5.41. The van der Waals surface area contributed by atoms with Crippen LogP contribution in [0.2, 0.25) is 0 Å². The Labute approximate surface area is 112 Å². The molecule has 2 unspecified atom stereocenters. The Hall–Kier alpha value is -1.65. The van der Waals surface area contributed by atoms with Crippen LogP contribution < -0.4 is 4.90 Å². The third-order valence-corrected chi connectivity index (χ3v) is 4.79. The van der Waals surface area contributed by atoms with Crippen molar-refractivity contribution >= 4 is 16.9 Å². The molecule has 0 aromatic carbocycles. The Morgan fingerprint density at radius 3 is 3.00 bits per heavy atom. The van der Waals surface area contributed by atoms with Crippen molar-refractivity contribution in [1.29, 1.82) is 0 Å². The lowest BCUT2D eigenvalue weighted by atomic mass is 9.85. The fourth-order valence-electron chi connectivity index (χ4n) is 3.85. The summed E-state index contributed by atoms with van der Waals surface area (Å²) < 4.78 is 1.83. The van der Waals surface area contributed by atoms with Crippen molar-refractivity contribution in [2.75, 3.05) is 11.4 Å². The summed E-state index contributed by atoms with van der Waals surface area (Å²) in [7, 11) is 1.94. The predicted molar refractivity (Wildman–Crippen MR) is 74.0 cm³/mol.